The second-order valence-electron chi connectivity index (χ2n) is 6.23. The van der Waals surface area contributed by atoms with Gasteiger partial charge in [-0.05, 0) is 49.6 Å². The van der Waals surface area contributed by atoms with Gasteiger partial charge in [-0.2, -0.15) is 0 Å². The molecule has 0 aliphatic carbocycles. The van der Waals surface area contributed by atoms with E-state index in [4.69, 9.17) is 17.3 Å². The Morgan fingerprint density at radius 1 is 1.42 bits per heavy atom. The molecule has 1 aromatic heterocycles. The van der Waals surface area contributed by atoms with E-state index in [0.29, 0.717) is 23.0 Å². The lowest BCUT2D eigenvalue weighted by atomic mass is 10.2. The number of thiophene rings is 1. The van der Waals surface area contributed by atoms with Gasteiger partial charge < -0.3 is 16.0 Å². The molecule has 1 atom stereocenters. The summed E-state index contributed by atoms with van der Waals surface area (Å²) in [5.74, 6) is -1.01. The van der Waals surface area contributed by atoms with Crippen LogP contribution >= 0.6 is 22.9 Å². The van der Waals surface area contributed by atoms with Gasteiger partial charge in [0.2, 0.25) is 0 Å². The third-order valence-electron chi connectivity index (χ3n) is 4.43. The number of likely N-dealkylation sites (tertiary alicyclic amines) is 1. The maximum atomic E-state index is 13.1. The van der Waals surface area contributed by atoms with Crippen molar-refractivity contribution in [2.75, 3.05) is 18.4 Å². The Bertz CT molecular complexity index is 855. The number of carbonyl (C=O) groups is 2. The number of amides is 2. The molecule has 5 nitrogen and oxygen atoms in total. The third kappa shape index (κ3) is 3.75. The van der Waals surface area contributed by atoms with Gasteiger partial charge in [0.05, 0.1) is 20.5 Å². The molecule has 2 heterocycles. The summed E-state index contributed by atoms with van der Waals surface area (Å²) in [4.78, 5) is 27.6. The number of nitrogens with zero attached hydrogens (tertiary/aromatic N) is 1. The lowest BCUT2D eigenvalue weighted by molar-refractivity contribution is 0.0745. The van der Waals surface area contributed by atoms with Crippen LogP contribution in [-0.2, 0) is 0 Å². The van der Waals surface area contributed by atoms with Crippen LogP contribution in [0.5, 0.6) is 0 Å². The molecule has 0 bridgehead atoms. The molecule has 8 heteroatoms. The summed E-state index contributed by atoms with van der Waals surface area (Å²) < 4.78 is 13.1. The van der Waals surface area contributed by atoms with E-state index in [2.05, 4.69) is 5.32 Å². The van der Waals surface area contributed by atoms with Crippen LogP contribution < -0.4 is 11.1 Å². The molecule has 138 valence electrons. The van der Waals surface area contributed by atoms with Crippen molar-refractivity contribution < 1.29 is 14.0 Å². The minimum atomic E-state index is -0.508. The predicted octanol–water partition coefficient (Wildman–Crippen LogP) is 3.66. The highest BCUT2D eigenvalue weighted by molar-refractivity contribution is 7.18. The number of hydrogen-bond acceptors (Lipinski definition) is 4. The highest BCUT2D eigenvalue weighted by atomic mass is 35.5. The van der Waals surface area contributed by atoms with Crippen LogP contribution in [0.15, 0.2) is 24.3 Å². The van der Waals surface area contributed by atoms with E-state index in [1.165, 1.54) is 23.5 Å². The van der Waals surface area contributed by atoms with Crippen LogP contribution in [0, 0.1) is 12.7 Å². The fourth-order valence-electron chi connectivity index (χ4n) is 3.09. The maximum absolute atomic E-state index is 13.1. The van der Waals surface area contributed by atoms with Crippen LogP contribution in [-0.4, -0.2) is 35.8 Å². The Morgan fingerprint density at radius 2 is 2.19 bits per heavy atom. The molecule has 1 aliphatic heterocycles. The summed E-state index contributed by atoms with van der Waals surface area (Å²) in [6, 6.07) is 5.41. The molecule has 1 aliphatic rings. The van der Waals surface area contributed by atoms with Gasteiger partial charge in [-0.1, -0.05) is 11.6 Å². The van der Waals surface area contributed by atoms with E-state index in [9.17, 15) is 14.0 Å². The summed E-state index contributed by atoms with van der Waals surface area (Å²) in [5.41, 5.74) is 6.72. The first-order valence-corrected chi connectivity index (χ1v) is 9.48. The number of aryl methyl sites for hydroxylation is 1. The zero-order valence-corrected chi connectivity index (χ0v) is 15.8. The molecule has 0 spiro atoms. The Labute approximate surface area is 159 Å². The first-order chi connectivity index (χ1) is 12.4. The Hall–Kier alpha value is -1.96. The van der Waals surface area contributed by atoms with Crippen LogP contribution in [0.25, 0.3) is 0 Å². The molecule has 0 saturated carbocycles. The lowest BCUT2D eigenvalue weighted by Crippen LogP contribution is -2.39. The molecular weight excluding hydrogens is 377 g/mol. The lowest BCUT2D eigenvalue weighted by Gasteiger charge is -2.23. The van der Waals surface area contributed by atoms with E-state index in [-0.39, 0.29) is 22.5 Å². The smallest absolute Gasteiger partial charge is 0.264 e. The second-order valence-corrected chi connectivity index (χ2v) is 7.69. The number of anilines is 1. The number of benzene rings is 1. The van der Waals surface area contributed by atoms with Gasteiger partial charge in [-0.15, -0.1) is 11.3 Å². The molecule has 1 aromatic carbocycles. The van der Waals surface area contributed by atoms with Crippen LogP contribution in [0.3, 0.4) is 0 Å². The minimum absolute atomic E-state index is 0.0370. The van der Waals surface area contributed by atoms with E-state index in [1.54, 1.807) is 11.0 Å². The normalized spacial score (nSPS) is 16.8. The molecule has 2 aromatic rings. The van der Waals surface area contributed by atoms with Gasteiger partial charge in [-0.3, -0.25) is 9.59 Å². The van der Waals surface area contributed by atoms with Gasteiger partial charge >= 0.3 is 0 Å². The zero-order valence-electron chi connectivity index (χ0n) is 14.2. The molecule has 26 heavy (non-hydrogen) atoms. The first kappa shape index (κ1) is 18.8. The largest absolute Gasteiger partial charge is 0.334 e. The number of carbonyl (C=O) groups excluding carboxylic acids is 2. The summed E-state index contributed by atoms with van der Waals surface area (Å²) in [5, 5.41) is 3.31. The quantitative estimate of drug-likeness (QED) is 0.829. The van der Waals surface area contributed by atoms with Gasteiger partial charge in [0.15, 0.2) is 0 Å². The predicted molar refractivity (Wildman–Crippen MR) is 102 cm³/mol. The summed E-state index contributed by atoms with van der Waals surface area (Å²) in [6.07, 6.45) is 1.87. The minimum Gasteiger partial charge on any atom is -0.334 e. The third-order valence-corrected chi connectivity index (χ3v) is 5.89. The summed E-state index contributed by atoms with van der Waals surface area (Å²) in [7, 11) is 0. The van der Waals surface area contributed by atoms with Gasteiger partial charge in [0.1, 0.15) is 5.82 Å². The zero-order chi connectivity index (χ0) is 18.8. The van der Waals surface area contributed by atoms with Crippen molar-refractivity contribution in [1.82, 2.24) is 4.90 Å². The monoisotopic (exact) mass is 395 g/mol. The molecule has 0 radical (unpaired) electrons. The Kier molecular flexibility index (Phi) is 5.60. The molecule has 2 amide bonds. The van der Waals surface area contributed by atoms with E-state index < -0.39 is 11.7 Å². The fourth-order valence-corrected chi connectivity index (χ4v) is 4.36. The second kappa shape index (κ2) is 7.73. The fraction of sp³-hybridized carbons (Fsp3) is 0.333. The summed E-state index contributed by atoms with van der Waals surface area (Å²) >= 11 is 7.14. The average Bonchev–Trinajstić information content (AvgIpc) is 3.20. The van der Waals surface area contributed by atoms with Crippen molar-refractivity contribution in [3.8, 4) is 0 Å². The van der Waals surface area contributed by atoms with Crippen molar-refractivity contribution in [1.29, 1.82) is 0 Å². The molecule has 3 N–H and O–H groups in total. The Balaban J connectivity index is 1.77. The van der Waals surface area contributed by atoms with Crippen LogP contribution in [0.2, 0.25) is 5.02 Å². The molecule has 1 fully saturated rings. The van der Waals surface area contributed by atoms with E-state index >= 15 is 0 Å². The van der Waals surface area contributed by atoms with Crippen molar-refractivity contribution >= 4 is 39.8 Å². The Morgan fingerprint density at radius 3 is 2.88 bits per heavy atom. The van der Waals surface area contributed by atoms with Crippen molar-refractivity contribution in [2.24, 2.45) is 5.73 Å². The van der Waals surface area contributed by atoms with Crippen molar-refractivity contribution in [3.63, 3.8) is 0 Å². The average molecular weight is 396 g/mol. The highest BCUT2D eigenvalue weighted by Crippen LogP contribution is 2.31. The van der Waals surface area contributed by atoms with Crippen LogP contribution in [0.4, 0.5) is 9.39 Å². The number of nitrogens with one attached hydrogen (secondary N) is 1. The standard InChI is InChI=1S/C18H19ClFN3O2S/c1-10-7-15(22-17(24)13-5-4-11(20)8-14(13)19)26-16(10)18(25)23-6-2-3-12(23)9-21/h4-5,7-8,12H,2-3,6,9,21H2,1H3,(H,22,24). The van der Waals surface area contributed by atoms with Crippen LogP contribution in [0.1, 0.15) is 38.4 Å². The SMILES string of the molecule is Cc1cc(NC(=O)c2ccc(F)cc2Cl)sc1C(=O)N1CCCC1CN. The van der Waals surface area contributed by atoms with E-state index in [1.807, 2.05) is 6.92 Å². The van der Waals surface area contributed by atoms with Gasteiger partial charge in [0.25, 0.3) is 11.8 Å². The van der Waals surface area contributed by atoms with Gasteiger partial charge in [-0.25, -0.2) is 4.39 Å². The molecule has 1 saturated heterocycles. The van der Waals surface area contributed by atoms with Gasteiger partial charge in [0, 0.05) is 19.1 Å². The number of rotatable bonds is 4. The number of nitrogens with two attached hydrogens (primary N) is 1. The first-order valence-electron chi connectivity index (χ1n) is 8.28. The topological polar surface area (TPSA) is 75.4 Å². The number of halogens is 2. The maximum Gasteiger partial charge on any atom is 0.264 e. The summed E-state index contributed by atoms with van der Waals surface area (Å²) in [6.45, 7) is 2.98. The molecule has 3 rings (SSSR count). The highest BCUT2D eigenvalue weighted by Gasteiger charge is 2.30. The van der Waals surface area contributed by atoms with Crippen molar-refractivity contribution in [3.05, 3.63) is 51.1 Å². The van der Waals surface area contributed by atoms with E-state index in [0.717, 1.165) is 24.5 Å². The number of hydrogen-bond donors (Lipinski definition) is 2. The van der Waals surface area contributed by atoms with Crippen molar-refractivity contribution in [2.45, 2.75) is 25.8 Å². The molecule has 1 unspecified atom stereocenters. The molecular formula is C18H19ClFN3O2S.